The van der Waals surface area contributed by atoms with Crippen molar-refractivity contribution in [1.29, 1.82) is 0 Å². The van der Waals surface area contributed by atoms with Crippen molar-refractivity contribution >= 4 is 11.8 Å². The highest BCUT2D eigenvalue weighted by molar-refractivity contribution is 5.88. The molecule has 31 heavy (non-hydrogen) atoms. The first kappa shape index (κ1) is 24.4. The largest absolute Gasteiger partial charge is 0.484 e. The fourth-order valence-electron chi connectivity index (χ4n) is 3.30. The number of carbonyl (C=O) groups excluding carboxylic acids is 2. The van der Waals surface area contributed by atoms with Crippen molar-refractivity contribution in [3.63, 3.8) is 0 Å². The van der Waals surface area contributed by atoms with E-state index in [1.807, 2.05) is 75.4 Å². The van der Waals surface area contributed by atoms with E-state index < -0.39 is 6.04 Å². The lowest BCUT2D eigenvalue weighted by molar-refractivity contribution is -0.143. The van der Waals surface area contributed by atoms with E-state index in [0.717, 1.165) is 5.56 Å². The minimum absolute atomic E-state index is 0.109. The molecule has 2 rings (SSSR count). The van der Waals surface area contributed by atoms with Crippen molar-refractivity contribution < 1.29 is 14.3 Å². The van der Waals surface area contributed by atoms with E-state index in [2.05, 4.69) is 19.2 Å². The van der Waals surface area contributed by atoms with Gasteiger partial charge in [-0.15, -0.1) is 0 Å². The molecular weight excluding hydrogens is 388 g/mol. The van der Waals surface area contributed by atoms with E-state index in [4.69, 9.17) is 4.74 Å². The molecule has 0 radical (unpaired) electrons. The van der Waals surface area contributed by atoms with Gasteiger partial charge in [0.25, 0.3) is 5.91 Å². The molecule has 0 aliphatic carbocycles. The highest BCUT2D eigenvalue weighted by Crippen LogP contribution is 2.19. The Labute approximate surface area is 186 Å². The van der Waals surface area contributed by atoms with Gasteiger partial charge in [-0.2, -0.15) is 0 Å². The van der Waals surface area contributed by atoms with Crippen molar-refractivity contribution in [1.82, 2.24) is 10.2 Å². The monoisotopic (exact) mass is 424 g/mol. The van der Waals surface area contributed by atoms with Crippen LogP contribution in [0.1, 0.15) is 58.1 Å². The number of hydrogen-bond acceptors (Lipinski definition) is 3. The van der Waals surface area contributed by atoms with E-state index in [9.17, 15) is 9.59 Å². The van der Waals surface area contributed by atoms with Gasteiger partial charge in [0, 0.05) is 13.1 Å². The Balaban J connectivity index is 2.13. The zero-order valence-corrected chi connectivity index (χ0v) is 19.4. The third-order valence-electron chi connectivity index (χ3n) is 5.18. The molecule has 1 unspecified atom stereocenters. The number of rotatable bonds is 11. The third-order valence-corrected chi connectivity index (χ3v) is 5.18. The number of benzene rings is 2. The van der Waals surface area contributed by atoms with Gasteiger partial charge in [-0.25, -0.2) is 0 Å². The van der Waals surface area contributed by atoms with Crippen molar-refractivity contribution in [2.24, 2.45) is 5.92 Å². The third kappa shape index (κ3) is 7.74. The summed E-state index contributed by atoms with van der Waals surface area (Å²) in [5.74, 6) is 1.10. The van der Waals surface area contributed by atoms with Gasteiger partial charge < -0.3 is 15.0 Å². The lowest BCUT2D eigenvalue weighted by atomic mass is 10.0. The van der Waals surface area contributed by atoms with E-state index in [0.29, 0.717) is 37.1 Å². The molecule has 1 N–H and O–H groups in total. The molecular formula is C26H36N2O3. The number of ether oxygens (including phenoxy) is 1. The first-order valence-electron chi connectivity index (χ1n) is 11.2. The molecule has 0 saturated carbocycles. The molecule has 0 saturated heterocycles. The van der Waals surface area contributed by atoms with Crippen LogP contribution < -0.4 is 10.1 Å². The van der Waals surface area contributed by atoms with Crippen LogP contribution in [0.15, 0.2) is 54.6 Å². The van der Waals surface area contributed by atoms with Crippen LogP contribution in [0.4, 0.5) is 0 Å². The van der Waals surface area contributed by atoms with Crippen molar-refractivity contribution in [2.75, 3.05) is 13.2 Å². The lowest BCUT2D eigenvalue weighted by Gasteiger charge is -2.30. The first-order chi connectivity index (χ1) is 14.8. The van der Waals surface area contributed by atoms with Crippen LogP contribution in [0.5, 0.6) is 5.75 Å². The fourth-order valence-corrected chi connectivity index (χ4v) is 3.30. The highest BCUT2D eigenvalue weighted by Gasteiger charge is 2.28. The van der Waals surface area contributed by atoms with E-state index in [1.54, 1.807) is 4.90 Å². The Morgan fingerprint density at radius 2 is 1.61 bits per heavy atom. The van der Waals surface area contributed by atoms with Gasteiger partial charge in [-0.1, -0.05) is 77.1 Å². The lowest BCUT2D eigenvalue weighted by Crippen LogP contribution is -2.50. The molecule has 0 spiro atoms. The smallest absolute Gasteiger partial charge is 0.261 e. The summed E-state index contributed by atoms with van der Waals surface area (Å²) in [5.41, 5.74) is 2.20. The van der Waals surface area contributed by atoms with Crippen LogP contribution in [-0.4, -0.2) is 35.9 Å². The van der Waals surface area contributed by atoms with Gasteiger partial charge in [-0.3, -0.25) is 9.59 Å². The standard InChI is InChI=1S/C26H36N2O3/c1-6-24(26(30)27-16-19(2)3)28(17-21-10-8-7-9-11-21)25(29)18-31-23-14-12-22(13-15-23)20(4)5/h7-15,19-20,24H,6,16-18H2,1-5H3,(H,27,30). The Morgan fingerprint density at radius 1 is 0.968 bits per heavy atom. The van der Waals surface area contributed by atoms with E-state index in [1.165, 1.54) is 5.56 Å². The van der Waals surface area contributed by atoms with Gasteiger partial charge in [0.2, 0.25) is 5.91 Å². The number of amides is 2. The molecule has 5 nitrogen and oxygen atoms in total. The number of nitrogens with zero attached hydrogens (tertiary/aromatic N) is 1. The highest BCUT2D eigenvalue weighted by atomic mass is 16.5. The van der Waals surface area contributed by atoms with Crippen molar-refractivity contribution in [3.8, 4) is 5.75 Å². The zero-order chi connectivity index (χ0) is 22.8. The predicted octanol–water partition coefficient (Wildman–Crippen LogP) is 4.77. The number of nitrogens with one attached hydrogen (secondary N) is 1. The SMILES string of the molecule is CCC(C(=O)NCC(C)C)N(Cc1ccccc1)C(=O)COc1ccc(C(C)C)cc1. The average molecular weight is 425 g/mol. The number of carbonyl (C=O) groups is 2. The molecule has 0 aliphatic heterocycles. The molecule has 0 heterocycles. The minimum Gasteiger partial charge on any atom is -0.484 e. The summed E-state index contributed by atoms with van der Waals surface area (Å²) >= 11 is 0. The second-order valence-electron chi connectivity index (χ2n) is 8.58. The van der Waals surface area contributed by atoms with Crippen LogP contribution >= 0.6 is 0 Å². The summed E-state index contributed by atoms with van der Waals surface area (Å²) in [6, 6.07) is 17.0. The summed E-state index contributed by atoms with van der Waals surface area (Å²) in [6.45, 7) is 11.1. The summed E-state index contributed by atoms with van der Waals surface area (Å²) in [6.07, 6.45) is 0.533. The molecule has 0 aromatic heterocycles. The molecule has 5 heteroatoms. The van der Waals surface area contributed by atoms with Gasteiger partial charge in [0.05, 0.1) is 0 Å². The van der Waals surface area contributed by atoms with Gasteiger partial charge in [0.15, 0.2) is 6.61 Å². The average Bonchev–Trinajstić information content (AvgIpc) is 2.76. The summed E-state index contributed by atoms with van der Waals surface area (Å²) in [7, 11) is 0. The van der Waals surface area contributed by atoms with Gasteiger partial charge in [0.1, 0.15) is 11.8 Å². The summed E-state index contributed by atoms with van der Waals surface area (Å²) < 4.78 is 5.77. The Kier molecular flexibility index (Phi) is 9.57. The maximum Gasteiger partial charge on any atom is 0.261 e. The fraction of sp³-hybridized carbons (Fsp3) is 0.462. The maximum absolute atomic E-state index is 13.2. The normalized spacial score (nSPS) is 12.0. The molecule has 168 valence electrons. The second-order valence-corrected chi connectivity index (χ2v) is 8.58. The van der Waals surface area contributed by atoms with E-state index in [-0.39, 0.29) is 18.4 Å². The topological polar surface area (TPSA) is 58.6 Å². The van der Waals surface area contributed by atoms with Crippen LogP contribution in [0.2, 0.25) is 0 Å². The van der Waals surface area contributed by atoms with Crippen molar-refractivity contribution in [2.45, 2.75) is 59.5 Å². The predicted molar refractivity (Wildman–Crippen MR) is 125 cm³/mol. The van der Waals surface area contributed by atoms with Crippen molar-refractivity contribution in [3.05, 3.63) is 65.7 Å². The Bertz CT molecular complexity index is 816. The maximum atomic E-state index is 13.2. The Morgan fingerprint density at radius 3 is 2.16 bits per heavy atom. The van der Waals surface area contributed by atoms with E-state index >= 15 is 0 Å². The van der Waals surface area contributed by atoms with Crippen LogP contribution in [-0.2, 0) is 16.1 Å². The molecule has 0 fully saturated rings. The molecule has 2 aromatic carbocycles. The van der Waals surface area contributed by atoms with Crippen LogP contribution in [0.3, 0.4) is 0 Å². The van der Waals surface area contributed by atoms with Crippen LogP contribution in [0.25, 0.3) is 0 Å². The quantitative estimate of drug-likeness (QED) is 0.565. The Hall–Kier alpha value is -2.82. The molecule has 2 aromatic rings. The van der Waals surface area contributed by atoms with Crippen LogP contribution in [0, 0.1) is 5.92 Å². The molecule has 1 atom stereocenters. The van der Waals surface area contributed by atoms with Gasteiger partial charge in [-0.05, 0) is 41.5 Å². The second kappa shape index (κ2) is 12.1. The summed E-state index contributed by atoms with van der Waals surface area (Å²) in [5, 5.41) is 2.97. The first-order valence-corrected chi connectivity index (χ1v) is 11.2. The molecule has 0 bridgehead atoms. The summed E-state index contributed by atoms with van der Waals surface area (Å²) in [4.78, 5) is 27.6. The zero-order valence-electron chi connectivity index (χ0n) is 19.4. The van der Waals surface area contributed by atoms with Gasteiger partial charge >= 0.3 is 0 Å². The molecule has 2 amide bonds. The molecule has 0 aliphatic rings. The minimum atomic E-state index is -0.543. The number of hydrogen-bond donors (Lipinski definition) is 1.